The van der Waals surface area contributed by atoms with Gasteiger partial charge in [0.1, 0.15) is 6.33 Å². The lowest BCUT2D eigenvalue weighted by Crippen LogP contribution is -2.44. The minimum absolute atomic E-state index is 0.0443. The molecule has 3 heterocycles. The lowest BCUT2D eigenvalue weighted by atomic mass is 9.77. The van der Waals surface area contributed by atoms with E-state index in [0.717, 1.165) is 48.2 Å². The smallest absolute Gasteiger partial charge is 0.225 e. The number of hydrogen-bond acceptors (Lipinski definition) is 5. The molecule has 2 aromatic heterocycles. The van der Waals surface area contributed by atoms with E-state index in [1.54, 1.807) is 18.9 Å². The highest BCUT2D eigenvalue weighted by atomic mass is 16.3. The third-order valence-corrected chi connectivity index (χ3v) is 5.20. The summed E-state index contributed by atoms with van der Waals surface area (Å²) in [7, 11) is 0. The second-order valence-electron chi connectivity index (χ2n) is 6.80. The minimum Gasteiger partial charge on any atom is -0.472 e. The largest absolute Gasteiger partial charge is 0.472 e. The standard InChI is InChI=1S/C18H21N3O3/c22-16(10-18(23)5-1-6-18)21-7-2-14-15(3-8-21)19-12-20-17(14)13-4-9-24-11-13/h4,9,11-12,23H,1-3,5-8,10H2. The summed E-state index contributed by atoms with van der Waals surface area (Å²) in [5, 5.41) is 10.2. The zero-order valence-electron chi connectivity index (χ0n) is 13.6. The number of furan rings is 1. The maximum atomic E-state index is 12.5. The Morgan fingerprint density at radius 3 is 2.83 bits per heavy atom. The first-order chi connectivity index (χ1) is 11.6. The Labute approximate surface area is 140 Å². The van der Waals surface area contributed by atoms with E-state index in [1.807, 2.05) is 11.0 Å². The summed E-state index contributed by atoms with van der Waals surface area (Å²) < 4.78 is 5.17. The molecule has 0 radical (unpaired) electrons. The van der Waals surface area contributed by atoms with Crippen molar-refractivity contribution in [2.24, 2.45) is 0 Å². The Kier molecular flexibility index (Phi) is 3.84. The fourth-order valence-electron chi connectivity index (χ4n) is 3.58. The maximum Gasteiger partial charge on any atom is 0.225 e. The average Bonchev–Trinajstić information content (AvgIpc) is 2.99. The first-order valence-corrected chi connectivity index (χ1v) is 8.50. The molecule has 2 aliphatic rings. The van der Waals surface area contributed by atoms with E-state index in [-0.39, 0.29) is 12.3 Å². The van der Waals surface area contributed by atoms with Crippen molar-refractivity contribution in [1.29, 1.82) is 0 Å². The van der Waals surface area contributed by atoms with Crippen molar-refractivity contribution in [3.63, 3.8) is 0 Å². The van der Waals surface area contributed by atoms with Gasteiger partial charge in [-0.2, -0.15) is 0 Å². The average molecular weight is 327 g/mol. The second kappa shape index (κ2) is 6.02. The van der Waals surface area contributed by atoms with Crippen molar-refractivity contribution in [1.82, 2.24) is 14.9 Å². The van der Waals surface area contributed by atoms with Crippen LogP contribution in [0.5, 0.6) is 0 Å². The van der Waals surface area contributed by atoms with Crippen LogP contribution in [-0.4, -0.2) is 44.6 Å². The molecule has 0 bridgehead atoms. The number of aromatic nitrogens is 2. The van der Waals surface area contributed by atoms with E-state index in [4.69, 9.17) is 4.42 Å². The molecule has 6 heteroatoms. The lowest BCUT2D eigenvalue weighted by molar-refractivity contribution is -0.140. The van der Waals surface area contributed by atoms with Gasteiger partial charge in [-0.15, -0.1) is 0 Å². The van der Waals surface area contributed by atoms with E-state index >= 15 is 0 Å². The molecule has 1 aliphatic heterocycles. The first kappa shape index (κ1) is 15.3. The fraction of sp³-hybridized carbons (Fsp3) is 0.500. The van der Waals surface area contributed by atoms with Crippen molar-refractivity contribution < 1.29 is 14.3 Å². The molecule has 1 saturated carbocycles. The number of aliphatic hydroxyl groups is 1. The molecule has 0 saturated heterocycles. The van der Waals surface area contributed by atoms with Gasteiger partial charge >= 0.3 is 0 Å². The molecule has 1 amide bonds. The Hall–Kier alpha value is -2.21. The number of rotatable bonds is 3. The highest BCUT2D eigenvalue weighted by Gasteiger charge is 2.38. The van der Waals surface area contributed by atoms with E-state index < -0.39 is 5.60 Å². The van der Waals surface area contributed by atoms with Crippen molar-refractivity contribution in [3.05, 3.63) is 36.2 Å². The number of amides is 1. The summed E-state index contributed by atoms with van der Waals surface area (Å²) in [6.45, 7) is 1.28. The lowest BCUT2D eigenvalue weighted by Gasteiger charge is -2.37. The molecule has 24 heavy (non-hydrogen) atoms. The molecule has 2 aromatic rings. The number of nitrogens with zero attached hydrogens (tertiary/aromatic N) is 3. The number of hydrogen-bond donors (Lipinski definition) is 1. The van der Waals surface area contributed by atoms with Gasteiger partial charge < -0.3 is 14.4 Å². The highest BCUT2D eigenvalue weighted by molar-refractivity contribution is 5.77. The van der Waals surface area contributed by atoms with Gasteiger partial charge in [0.15, 0.2) is 0 Å². The van der Waals surface area contributed by atoms with Crippen LogP contribution in [0.1, 0.15) is 36.9 Å². The van der Waals surface area contributed by atoms with Crippen LogP contribution in [0, 0.1) is 0 Å². The van der Waals surface area contributed by atoms with E-state index in [2.05, 4.69) is 9.97 Å². The normalized spacial score (nSPS) is 19.3. The molecule has 126 valence electrons. The zero-order chi connectivity index (χ0) is 16.6. The monoisotopic (exact) mass is 327 g/mol. The molecule has 0 unspecified atom stereocenters. The van der Waals surface area contributed by atoms with Crippen LogP contribution in [0.25, 0.3) is 11.3 Å². The van der Waals surface area contributed by atoms with Crippen LogP contribution >= 0.6 is 0 Å². The maximum absolute atomic E-state index is 12.5. The van der Waals surface area contributed by atoms with E-state index in [1.165, 1.54) is 0 Å². The third kappa shape index (κ3) is 2.82. The van der Waals surface area contributed by atoms with Gasteiger partial charge in [0, 0.05) is 36.3 Å². The first-order valence-electron chi connectivity index (χ1n) is 8.50. The van der Waals surface area contributed by atoms with Crippen LogP contribution in [-0.2, 0) is 17.6 Å². The van der Waals surface area contributed by atoms with Gasteiger partial charge in [0.2, 0.25) is 5.91 Å². The van der Waals surface area contributed by atoms with Crippen LogP contribution in [0.15, 0.2) is 29.3 Å². The number of fused-ring (bicyclic) bond motifs is 1. The summed E-state index contributed by atoms with van der Waals surface area (Å²) in [5.41, 5.74) is 3.16. The second-order valence-corrected chi connectivity index (χ2v) is 6.80. The number of carbonyl (C=O) groups is 1. The molecular formula is C18H21N3O3. The molecule has 1 fully saturated rings. The Balaban J connectivity index is 1.52. The Morgan fingerprint density at radius 2 is 2.12 bits per heavy atom. The molecule has 1 aliphatic carbocycles. The number of carbonyl (C=O) groups excluding carboxylic acids is 1. The van der Waals surface area contributed by atoms with Crippen molar-refractivity contribution in [2.75, 3.05) is 13.1 Å². The zero-order valence-corrected chi connectivity index (χ0v) is 13.6. The molecular weight excluding hydrogens is 306 g/mol. The van der Waals surface area contributed by atoms with Gasteiger partial charge in [-0.05, 0) is 31.7 Å². The van der Waals surface area contributed by atoms with Gasteiger partial charge in [0.25, 0.3) is 0 Å². The predicted molar refractivity (Wildman–Crippen MR) is 87.1 cm³/mol. The molecule has 0 atom stereocenters. The van der Waals surface area contributed by atoms with Crippen LogP contribution in [0.4, 0.5) is 0 Å². The quantitative estimate of drug-likeness (QED) is 0.932. The Morgan fingerprint density at radius 1 is 1.29 bits per heavy atom. The van der Waals surface area contributed by atoms with Crippen molar-refractivity contribution >= 4 is 5.91 Å². The topological polar surface area (TPSA) is 79.5 Å². The predicted octanol–water partition coefficient (Wildman–Crippen LogP) is 1.97. The minimum atomic E-state index is -0.766. The molecule has 0 aromatic carbocycles. The third-order valence-electron chi connectivity index (χ3n) is 5.20. The summed E-state index contributed by atoms with van der Waals surface area (Å²) >= 11 is 0. The molecule has 4 rings (SSSR count). The van der Waals surface area contributed by atoms with E-state index in [0.29, 0.717) is 19.5 Å². The Bertz CT molecular complexity index is 738. The molecule has 1 N–H and O–H groups in total. The van der Waals surface area contributed by atoms with E-state index in [9.17, 15) is 9.90 Å². The van der Waals surface area contributed by atoms with Crippen molar-refractivity contribution in [2.45, 2.75) is 44.1 Å². The molecule has 6 nitrogen and oxygen atoms in total. The SMILES string of the molecule is O=C(CC1(O)CCC1)N1CCc2ncnc(-c3ccoc3)c2CC1. The van der Waals surface area contributed by atoms with Crippen molar-refractivity contribution in [3.8, 4) is 11.3 Å². The van der Waals surface area contributed by atoms with Gasteiger partial charge in [-0.25, -0.2) is 9.97 Å². The summed E-state index contributed by atoms with van der Waals surface area (Å²) in [5.74, 6) is 0.0443. The summed E-state index contributed by atoms with van der Waals surface area (Å²) in [6, 6.07) is 1.89. The fourth-order valence-corrected chi connectivity index (χ4v) is 3.58. The summed E-state index contributed by atoms with van der Waals surface area (Å²) in [6.07, 6.45) is 9.07. The van der Waals surface area contributed by atoms with Gasteiger partial charge in [-0.3, -0.25) is 4.79 Å². The highest BCUT2D eigenvalue weighted by Crippen LogP contribution is 2.35. The van der Waals surface area contributed by atoms with Crippen LogP contribution in [0.3, 0.4) is 0 Å². The van der Waals surface area contributed by atoms with Gasteiger partial charge in [-0.1, -0.05) is 0 Å². The molecule has 0 spiro atoms. The summed E-state index contributed by atoms with van der Waals surface area (Å²) in [4.78, 5) is 23.2. The van der Waals surface area contributed by atoms with Crippen LogP contribution in [0.2, 0.25) is 0 Å². The van der Waals surface area contributed by atoms with Crippen LogP contribution < -0.4 is 0 Å². The van der Waals surface area contributed by atoms with Gasteiger partial charge in [0.05, 0.1) is 30.2 Å².